The first-order valence-corrected chi connectivity index (χ1v) is 12.3. The molecule has 2 aliphatic rings. The lowest BCUT2D eigenvalue weighted by molar-refractivity contribution is -0.151. The molecule has 0 aromatic heterocycles. The summed E-state index contributed by atoms with van der Waals surface area (Å²) in [7, 11) is 1.60. The topological polar surface area (TPSA) is 80.7 Å². The van der Waals surface area contributed by atoms with E-state index in [2.05, 4.69) is 18.7 Å². The molecule has 2 aliphatic heterocycles. The van der Waals surface area contributed by atoms with Crippen molar-refractivity contribution < 1.29 is 28.8 Å². The van der Waals surface area contributed by atoms with Crippen molar-refractivity contribution in [3.63, 3.8) is 0 Å². The molecule has 0 spiro atoms. The lowest BCUT2D eigenvalue weighted by Gasteiger charge is -2.35. The highest BCUT2D eigenvalue weighted by Gasteiger charge is 2.31. The molecule has 4 rings (SSSR count). The number of carbonyl (C=O) groups is 1. The third-order valence-corrected chi connectivity index (χ3v) is 6.19. The predicted octanol–water partition coefficient (Wildman–Crippen LogP) is 3.45. The molecule has 1 fully saturated rings. The van der Waals surface area contributed by atoms with Gasteiger partial charge in [0.15, 0.2) is 11.5 Å². The van der Waals surface area contributed by atoms with Gasteiger partial charge in [0.1, 0.15) is 17.6 Å². The molecule has 1 N–H and O–H groups in total. The lowest BCUT2D eigenvalue weighted by Crippen LogP contribution is -2.51. The molecule has 1 amide bonds. The van der Waals surface area contributed by atoms with Crippen LogP contribution in [0.2, 0.25) is 0 Å². The van der Waals surface area contributed by atoms with Crippen LogP contribution < -0.4 is 14.2 Å². The minimum Gasteiger partial charge on any atom is -0.508 e. The van der Waals surface area contributed by atoms with Gasteiger partial charge in [0, 0.05) is 44.7 Å². The van der Waals surface area contributed by atoms with Crippen molar-refractivity contribution in [1.29, 1.82) is 0 Å². The Balaban J connectivity index is 1.45. The number of amides is 1. The van der Waals surface area contributed by atoms with Gasteiger partial charge < -0.3 is 29.0 Å². The Labute approximate surface area is 207 Å². The van der Waals surface area contributed by atoms with Crippen molar-refractivity contribution >= 4 is 5.91 Å². The number of phenols is 1. The summed E-state index contributed by atoms with van der Waals surface area (Å²) in [5, 5.41) is 10.3. The Bertz CT molecular complexity index is 1010. The Kier molecular flexibility index (Phi) is 8.36. The van der Waals surface area contributed by atoms with E-state index in [1.165, 1.54) is 0 Å². The number of hydrogen-bond donors (Lipinski definition) is 1. The third-order valence-electron chi connectivity index (χ3n) is 6.19. The second-order valence-electron chi connectivity index (χ2n) is 9.53. The number of methoxy groups -OCH3 is 1. The first kappa shape index (κ1) is 25.1. The Morgan fingerprint density at radius 2 is 1.94 bits per heavy atom. The van der Waals surface area contributed by atoms with Gasteiger partial charge in [-0.15, -0.1) is 0 Å². The van der Waals surface area contributed by atoms with Gasteiger partial charge >= 0.3 is 0 Å². The van der Waals surface area contributed by atoms with Gasteiger partial charge in [-0.1, -0.05) is 19.9 Å². The van der Waals surface area contributed by atoms with Crippen LogP contribution in [0.15, 0.2) is 36.4 Å². The van der Waals surface area contributed by atoms with Gasteiger partial charge in [0.05, 0.1) is 26.9 Å². The molecule has 2 aromatic carbocycles. The molecule has 0 aliphatic carbocycles. The maximum absolute atomic E-state index is 13.6. The van der Waals surface area contributed by atoms with Crippen molar-refractivity contribution in [2.24, 2.45) is 5.92 Å². The number of ether oxygens (including phenoxy) is 4. The maximum atomic E-state index is 13.6. The second kappa shape index (κ2) is 11.6. The van der Waals surface area contributed by atoms with Gasteiger partial charge in [-0.2, -0.15) is 0 Å². The number of nitrogens with zero attached hydrogens (tertiary/aromatic N) is 2. The fraction of sp³-hybridized carbons (Fsp3) is 0.519. The van der Waals surface area contributed by atoms with Crippen LogP contribution >= 0.6 is 0 Å². The first-order valence-electron chi connectivity index (χ1n) is 12.3. The number of benzene rings is 2. The van der Waals surface area contributed by atoms with Crippen molar-refractivity contribution in [3.05, 3.63) is 47.5 Å². The number of phenolic OH excluding ortho intramolecular Hbond substituents is 1. The molecule has 2 heterocycles. The smallest absolute Gasteiger partial charge is 0.253 e. The number of fused-ring (bicyclic) bond motifs is 1. The van der Waals surface area contributed by atoms with Gasteiger partial charge in [-0.3, -0.25) is 9.69 Å². The second-order valence-corrected chi connectivity index (χ2v) is 9.53. The van der Waals surface area contributed by atoms with E-state index in [9.17, 15) is 9.90 Å². The van der Waals surface area contributed by atoms with Crippen molar-refractivity contribution in [3.8, 4) is 23.0 Å². The number of morpholine rings is 1. The molecule has 0 radical (unpaired) electrons. The van der Waals surface area contributed by atoms with Crippen LogP contribution in [0.4, 0.5) is 0 Å². The summed E-state index contributed by atoms with van der Waals surface area (Å²) in [5.74, 6) is 2.68. The zero-order valence-corrected chi connectivity index (χ0v) is 20.9. The SMILES string of the molecule is COc1ccc(O)c(CN2CCOC(C(=O)N(Cc3ccc4c(c3)OCCCO4)CC(C)C)C2)c1. The normalized spacial score (nSPS) is 18.2. The quantitative estimate of drug-likeness (QED) is 0.615. The van der Waals surface area contributed by atoms with Crippen molar-refractivity contribution in [1.82, 2.24) is 9.80 Å². The fourth-order valence-corrected chi connectivity index (χ4v) is 4.46. The largest absolute Gasteiger partial charge is 0.508 e. The minimum atomic E-state index is -0.560. The van der Waals surface area contributed by atoms with E-state index in [1.807, 2.05) is 29.2 Å². The van der Waals surface area contributed by atoms with Crippen LogP contribution in [-0.4, -0.2) is 73.5 Å². The van der Waals surface area contributed by atoms with Gasteiger partial charge in [0.2, 0.25) is 0 Å². The zero-order valence-electron chi connectivity index (χ0n) is 20.9. The molecule has 8 heteroatoms. The highest BCUT2D eigenvalue weighted by molar-refractivity contribution is 5.81. The summed E-state index contributed by atoms with van der Waals surface area (Å²) in [4.78, 5) is 17.6. The molecule has 1 atom stereocenters. The molecule has 8 nitrogen and oxygen atoms in total. The zero-order chi connectivity index (χ0) is 24.8. The highest BCUT2D eigenvalue weighted by atomic mass is 16.5. The van der Waals surface area contributed by atoms with Gasteiger partial charge in [0.25, 0.3) is 5.91 Å². The fourth-order valence-electron chi connectivity index (χ4n) is 4.46. The van der Waals surface area contributed by atoms with E-state index in [0.717, 1.165) is 29.0 Å². The van der Waals surface area contributed by atoms with Crippen LogP contribution in [0.5, 0.6) is 23.0 Å². The molecular weight excluding hydrogens is 448 g/mol. The minimum absolute atomic E-state index is 0.0228. The predicted molar refractivity (Wildman–Crippen MR) is 132 cm³/mol. The lowest BCUT2D eigenvalue weighted by atomic mass is 10.1. The van der Waals surface area contributed by atoms with E-state index in [4.69, 9.17) is 18.9 Å². The number of rotatable bonds is 8. The van der Waals surface area contributed by atoms with E-state index in [-0.39, 0.29) is 11.7 Å². The maximum Gasteiger partial charge on any atom is 0.253 e. The monoisotopic (exact) mass is 484 g/mol. The molecule has 1 unspecified atom stereocenters. The van der Waals surface area contributed by atoms with E-state index < -0.39 is 6.10 Å². The highest BCUT2D eigenvalue weighted by Crippen LogP contribution is 2.31. The molecule has 2 aromatic rings. The summed E-state index contributed by atoms with van der Waals surface area (Å²) >= 11 is 0. The Hall–Kier alpha value is -2.97. The van der Waals surface area contributed by atoms with Crippen LogP contribution in [0.1, 0.15) is 31.4 Å². The molecular formula is C27H36N2O6. The van der Waals surface area contributed by atoms with Crippen LogP contribution in [0.25, 0.3) is 0 Å². The Morgan fingerprint density at radius 1 is 1.14 bits per heavy atom. The molecule has 0 saturated carbocycles. The summed E-state index contributed by atoms with van der Waals surface area (Å²) in [6.07, 6.45) is 0.293. The average molecular weight is 485 g/mol. The van der Waals surface area contributed by atoms with Crippen LogP contribution in [-0.2, 0) is 22.6 Å². The van der Waals surface area contributed by atoms with E-state index >= 15 is 0 Å². The molecule has 35 heavy (non-hydrogen) atoms. The van der Waals surface area contributed by atoms with E-state index in [0.29, 0.717) is 64.2 Å². The summed E-state index contributed by atoms with van der Waals surface area (Å²) in [6, 6.07) is 11.1. The standard InChI is InChI=1S/C27H36N2O6/c1-19(2)15-29(16-20-5-8-24-25(13-20)34-11-4-10-33-24)27(31)26-18-28(9-12-35-26)17-21-14-22(32-3)6-7-23(21)30/h5-8,13-14,19,26,30H,4,9-12,15-18H2,1-3H3. The molecule has 0 bridgehead atoms. The average Bonchev–Trinajstić information content (AvgIpc) is 3.09. The number of hydrogen-bond acceptors (Lipinski definition) is 7. The number of aromatic hydroxyl groups is 1. The summed E-state index contributed by atoms with van der Waals surface area (Å²) < 4.78 is 22.8. The van der Waals surface area contributed by atoms with E-state index in [1.54, 1.807) is 19.2 Å². The van der Waals surface area contributed by atoms with Crippen LogP contribution in [0, 0.1) is 5.92 Å². The van der Waals surface area contributed by atoms with Crippen LogP contribution in [0.3, 0.4) is 0 Å². The Morgan fingerprint density at radius 3 is 2.71 bits per heavy atom. The third kappa shape index (κ3) is 6.58. The summed E-state index contributed by atoms with van der Waals surface area (Å²) in [5.41, 5.74) is 1.76. The molecule has 190 valence electrons. The van der Waals surface area contributed by atoms with Gasteiger partial charge in [-0.25, -0.2) is 0 Å². The van der Waals surface area contributed by atoms with Crippen molar-refractivity contribution in [2.75, 3.05) is 46.6 Å². The summed E-state index contributed by atoms with van der Waals surface area (Å²) in [6.45, 7) is 8.71. The molecule has 1 saturated heterocycles. The number of carbonyl (C=O) groups excluding carboxylic acids is 1. The van der Waals surface area contributed by atoms with Crippen molar-refractivity contribution in [2.45, 2.75) is 39.5 Å². The van der Waals surface area contributed by atoms with Gasteiger partial charge in [-0.05, 0) is 41.8 Å². The first-order chi connectivity index (χ1) is 16.9.